The zero-order valence-electron chi connectivity index (χ0n) is 10.9. The van der Waals surface area contributed by atoms with Gasteiger partial charge in [0.15, 0.2) is 0 Å². The molecule has 0 radical (unpaired) electrons. The first kappa shape index (κ1) is 14.0. The molecule has 2 aliphatic heterocycles. The van der Waals surface area contributed by atoms with E-state index in [1.54, 1.807) is 0 Å². The van der Waals surface area contributed by atoms with E-state index in [0.717, 1.165) is 23.5 Å². The summed E-state index contributed by atoms with van der Waals surface area (Å²) in [4.78, 5) is 0. The van der Waals surface area contributed by atoms with E-state index in [9.17, 15) is 0 Å². The molecule has 0 amide bonds. The summed E-state index contributed by atoms with van der Waals surface area (Å²) < 4.78 is 11.4. The average molecular weight is 276 g/mol. The fourth-order valence-electron chi connectivity index (χ4n) is 2.45. The van der Waals surface area contributed by atoms with Crippen molar-refractivity contribution < 1.29 is 9.47 Å². The number of methoxy groups -OCH3 is 1. The second-order valence-electron chi connectivity index (χ2n) is 5.16. The summed E-state index contributed by atoms with van der Waals surface area (Å²) in [6.45, 7) is 3.20. The summed E-state index contributed by atoms with van der Waals surface area (Å²) in [6, 6.07) is 0. The highest BCUT2D eigenvalue weighted by atomic mass is 32.2. The molecule has 0 aromatic heterocycles. The van der Waals surface area contributed by atoms with Crippen LogP contribution >= 0.6 is 23.5 Å². The molecule has 100 valence electrons. The zero-order chi connectivity index (χ0) is 12.1. The molecule has 2 fully saturated rings. The van der Waals surface area contributed by atoms with Crippen LogP contribution in [0.5, 0.6) is 0 Å². The van der Waals surface area contributed by atoms with E-state index in [1.165, 1.54) is 30.8 Å². The van der Waals surface area contributed by atoms with Gasteiger partial charge < -0.3 is 9.47 Å². The van der Waals surface area contributed by atoms with Gasteiger partial charge in [0, 0.05) is 18.1 Å². The predicted octanol–water partition coefficient (Wildman–Crippen LogP) is 3.06. The van der Waals surface area contributed by atoms with Crippen LogP contribution in [0.4, 0.5) is 0 Å². The Kier molecular flexibility index (Phi) is 6.00. The molecular formula is C13H24O2S2. The molecule has 0 saturated carbocycles. The van der Waals surface area contributed by atoms with Crippen LogP contribution < -0.4 is 0 Å². The Morgan fingerprint density at radius 3 is 2.88 bits per heavy atom. The third-order valence-corrected chi connectivity index (χ3v) is 6.26. The molecule has 0 aliphatic carbocycles. The lowest BCUT2D eigenvalue weighted by Gasteiger charge is -2.19. The van der Waals surface area contributed by atoms with Gasteiger partial charge in [-0.3, -0.25) is 0 Å². The number of rotatable bonds is 6. The molecule has 2 heterocycles. The Morgan fingerprint density at radius 2 is 2.24 bits per heavy atom. The molecule has 2 nitrogen and oxygen atoms in total. The lowest BCUT2D eigenvalue weighted by molar-refractivity contribution is 0.0378. The minimum Gasteiger partial charge on any atom is -0.381 e. The van der Waals surface area contributed by atoms with Crippen molar-refractivity contribution in [1.29, 1.82) is 0 Å². The van der Waals surface area contributed by atoms with Crippen LogP contribution in [0.25, 0.3) is 0 Å². The second kappa shape index (κ2) is 7.27. The third kappa shape index (κ3) is 4.66. The minimum absolute atomic E-state index is 0.411. The highest BCUT2D eigenvalue weighted by Gasteiger charge is 2.27. The lowest BCUT2D eigenvalue weighted by Crippen LogP contribution is -2.20. The first-order valence-corrected chi connectivity index (χ1v) is 8.82. The largest absolute Gasteiger partial charge is 0.381 e. The standard InChI is InChI=1S/C13H24O2S2/c1-10(15-7-11-3-4-16-8-11)5-13-6-12(14-2)9-17-13/h10-13H,3-9H2,1-2H3. The van der Waals surface area contributed by atoms with Gasteiger partial charge in [-0.05, 0) is 43.6 Å². The van der Waals surface area contributed by atoms with Crippen molar-refractivity contribution in [3.63, 3.8) is 0 Å². The SMILES string of the molecule is COC1CSC(CC(C)OCC2CCSC2)C1. The highest BCUT2D eigenvalue weighted by molar-refractivity contribution is 8.00. The van der Waals surface area contributed by atoms with E-state index < -0.39 is 0 Å². The Labute approximate surface area is 114 Å². The number of hydrogen-bond donors (Lipinski definition) is 0. The first-order chi connectivity index (χ1) is 8.28. The Hall–Kier alpha value is 0.620. The van der Waals surface area contributed by atoms with E-state index >= 15 is 0 Å². The Balaban J connectivity index is 1.58. The smallest absolute Gasteiger partial charge is 0.0672 e. The molecule has 0 bridgehead atoms. The van der Waals surface area contributed by atoms with Gasteiger partial charge in [0.2, 0.25) is 0 Å². The van der Waals surface area contributed by atoms with Crippen molar-refractivity contribution in [1.82, 2.24) is 0 Å². The molecule has 2 saturated heterocycles. The fourth-order valence-corrected chi connectivity index (χ4v) is 5.23. The van der Waals surface area contributed by atoms with Crippen LogP contribution in [-0.2, 0) is 9.47 Å². The minimum atomic E-state index is 0.411. The van der Waals surface area contributed by atoms with Crippen molar-refractivity contribution in [3.8, 4) is 0 Å². The van der Waals surface area contributed by atoms with Crippen LogP contribution in [0.15, 0.2) is 0 Å². The summed E-state index contributed by atoms with van der Waals surface area (Å²) >= 11 is 4.12. The third-order valence-electron chi connectivity index (χ3n) is 3.61. The molecular weight excluding hydrogens is 252 g/mol. The topological polar surface area (TPSA) is 18.5 Å². The summed E-state index contributed by atoms with van der Waals surface area (Å²) in [5, 5.41) is 0.743. The Bertz CT molecular complexity index is 219. The maximum absolute atomic E-state index is 5.99. The van der Waals surface area contributed by atoms with Gasteiger partial charge in [0.05, 0.1) is 18.8 Å². The normalized spacial score (nSPS) is 35.3. The van der Waals surface area contributed by atoms with Crippen LogP contribution in [0, 0.1) is 5.92 Å². The van der Waals surface area contributed by atoms with Gasteiger partial charge in [-0.25, -0.2) is 0 Å². The van der Waals surface area contributed by atoms with Crippen LogP contribution in [-0.4, -0.2) is 48.4 Å². The van der Waals surface area contributed by atoms with Gasteiger partial charge in [-0.2, -0.15) is 23.5 Å². The summed E-state index contributed by atoms with van der Waals surface area (Å²) in [5.41, 5.74) is 0. The molecule has 0 spiro atoms. The number of thioether (sulfide) groups is 2. The Morgan fingerprint density at radius 1 is 1.35 bits per heavy atom. The van der Waals surface area contributed by atoms with E-state index in [0.29, 0.717) is 12.2 Å². The molecule has 0 N–H and O–H groups in total. The van der Waals surface area contributed by atoms with Gasteiger partial charge in [0.1, 0.15) is 0 Å². The van der Waals surface area contributed by atoms with Gasteiger partial charge in [-0.15, -0.1) is 0 Å². The van der Waals surface area contributed by atoms with Gasteiger partial charge in [0.25, 0.3) is 0 Å². The second-order valence-corrected chi connectivity index (χ2v) is 7.64. The maximum atomic E-state index is 5.99. The molecule has 2 aliphatic rings. The molecule has 4 heteroatoms. The number of ether oxygens (including phenoxy) is 2. The highest BCUT2D eigenvalue weighted by Crippen LogP contribution is 2.32. The van der Waals surface area contributed by atoms with E-state index in [1.807, 2.05) is 7.11 Å². The average Bonchev–Trinajstić information content (AvgIpc) is 2.97. The van der Waals surface area contributed by atoms with Gasteiger partial charge >= 0.3 is 0 Å². The molecule has 4 atom stereocenters. The first-order valence-electron chi connectivity index (χ1n) is 6.61. The fraction of sp³-hybridized carbons (Fsp3) is 1.00. The van der Waals surface area contributed by atoms with Crippen LogP contribution in [0.3, 0.4) is 0 Å². The van der Waals surface area contributed by atoms with Crippen molar-refractivity contribution in [3.05, 3.63) is 0 Å². The van der Waals surface area contributed by atoms with Crippen molar-refractivity contribution in [2.24, 2.45) is 5.92 Å². The summed E-state index contributed by atoms with van der Waals surface area (Å²) in [5.74, 6) is 4.60. The quantitative estimate of drug-likeness (QED) is 0.742. The van der Waals surface area contributed by atoms with Crippen molar-refractivity contribution in [2.45, 2.75) is 43.6 Å². The molecule has 2 rings (SSSR count). The van der Waals surface area contributed by atoms with E-state index in [4.69, 9.17) is 9.47 Å². The molecule has 4 unspecified atom stereocenters. The molecule has 17 heavy (non-hydrogen) atoms. The maximum Gasteiger partial charge on any atom is 0.0672 e. The van der Waals surface area contributed by atoms with Crippen molar-refractivity contribution >= 4 is 23.5 Å². The monoisotopic (exact) mass is 276 g/mol. The van der Waals surface area contributed by atoms with Gasteiger partial charge in [-0.1, -0.05) is 0 Å². The predicted molar refractivity (Wildman–Crippen MR) is 77.1 cm³/mol. The molecule has 0 aromatic rings. The summed E-state index contributed by atoms with van der Waals surface area (Å²) in [7, 11) is 1.82. The van der Waals surface area contributed by atoms with Crippen LogP contribution in [0.1, 0.15) is 26.2 Å². The zero-order valence-corrected chi connectivity index (χ0v) is 12.5. The summed E-state index contributed by atoms with van der Waals surface area (Å²) in [6.07, 6.45) is 4.62. The van der Waals surface area contributed by atoms with E-state index in [2.05, 4.69) is 30.4 Å². The number of hydrogen-bond acceptors (Lipinski definition) is 4. The van der Waals surface area contributed by atoms with Crippen LogP contribution in [0.2, 0.25) is 0 Å². The lowest BCUT2D eigenvalue weighted by atomic mass is 10.1. The molecule has 0 aromatic carbocycles. The van der Waals surface area contributed by atoms with E-state index in [-0.39, 0.29) is 0 Å². The van der Waals surface area contributed by atoms with Crippen molar-refractivity contribution in [2.75, 3.05) is 31.0 Å².